The minimum Gasteiger partial charge on any atom is -0.394 e. The summed E-state index contributed by atoms with van der Waals surface area (Å²) >= 11 is 0. The molecule has 0 aromatic carbocycles. The third kappa shape index (κ3) is 8.42. The van der Waals surface area contributed by atoms with E-state index < -0.39 is 37.3 Å². The number of aromatic nitrogens is 4. The van der Waals surface area contributed by atoms with Crippen LogP contribution in [0.15, 0.2) is 30.8 Å². The molecule has 55 heavy (non-hydrogen) atoms. The maximum atomic E-state index is 10.2. The van der Waals surface area contributed by atoms with E-state index in [2.05, 4.69) is 94.3 Å². The number of nitrogens with one attached hydrogen (secondary N) is 2. The Balaban J connectivity index is 1.18. The summed E-state index contributed by atoms with van der Waals surface area (Å²) in [6.07, 6.45) is -1.90. The van der Waals surface area contributed by atoms with Crippen molar-refractivity contribution in [1.82, 2.24) is 24.8 Å². The fourth-order valence-electron chi connectivity index (χ4n) is 7.72. The molecule has 3 aliphatic rings. The molecule has 0 unspecified atom stereocenters. The monoisotopic (exact) mass is 755 g/mol. The number of aliphatic hydroxyl groups excluding tert-OH is 4. The Morgan fingerprint density at radius 3 is 2.20 bits per heavy atom. The van der Waals surface area contributed by atoms with E-state index in [1.165, 1.54) is 22.3 Å². The van der Waals surface area contributed by atoms with Crippen molar-refractivity contribution in [3.63, 3.8) is 0 Å². The lowest BCUT2D eigenvalue weighted by Gasteiger charge is -2.39. The number of ether oxygens (including phenoxy) is 3. The average molecular weight is 756 g/mol. The first kappa shape index (κ1) is 40.7. The maximum Gasteiger partial charge on any atom is 0.186 e. The Hall–Kier alpha value is -3.98. The van der Waals surface area contributed by atoms with Crippen LogP contribution in [0, 0.1) is 20.8 Å². The minimum absolute atomic E-state index is 0.120. The van der Waals surface area contributed by atoms with Gasteiger partial charge in [-0.15, -0.1) is 0 Å². The number of rotatable bonds is 14. The highest BCUT2D eigenvalue weighted by atomic mass is 16.7. The van der Waals surface area contributed by atoms with Crippen LogP contribution in [0.5, 0.6) is 0 Å². The molecule has 6 rings (SSSR count). The molecule has 0 radical (unpaired) electrons. The predicted molar refractivity (Wildman–Crippen MR) is 218 cm³/mol. The molecule has 3 aromatic rings. The molecular weight excluding hydrogens is 699 g/mol. The number of fused-ring (bicyclic) bond motifs is 8. The van der Waals surface area contributed by atoms with Gasteiger partial charge in [-0.1, -0.05) is 19.6 Å². The molecule has 6 heterocycles. The van der Waals surface area contributed by atoms with Crippen LogP contribution in [0.2, 0.25) is 0 Å². The van der Waals surface area contributed by atoms with Crippen LogP contribution in [0.4, 0.5) is 0 Å². The molecule has 12 heteroatoms. The van der Waals surface area contributed by atoms with E-state index in [9.17, 15) is 20.4 Å². The Morgan fingerprint density at radius 1 is 0.800 bits per heavy atom. The number of H-pyrrole nitrogens is 2. The van der Waals surface area contributed by atoms with Crippen LogP contribution in [-0.4, -0.2) is 123 Å². The van der Waals surface area contributed by atoms with Gasteiger partial charge in [-0.2, -0.15) is 0 Å². The lowest BCUT2D eigenvalue weighted by Crippen LogP contribution is -2.59. The fraction of sp³-hybridized carbons (Fsp3) is 0.488. The fourth-order valence-corrected chi connectivity index (χ4v) is 7.72. The average Bonchev–Trinajstić information content (AvgIpc) is 3.87. The van der Waals surface area contributed by atoms with E-state index in [1.54, 1.807) is 0 Å². The second-order valence-electron chi connectivity index (χ2n) is 14.9. The summed E-state index contributed by atoms with van der Waals surface area (Å²) < 4.78 is 16.7. The molecule has 5 atom stereocenters. The van der Waals surface area contributed by atoms with Crippen molar-refractivity contribution in [2.45, 2.75) is 91.5 Å². The van der Waals surface area contributed by atoms with Crippen molar-refractivity contribution >= 4 is 50.4 Å². The summed E-state index contributed by atoms with van der Waals surface area (Å²) in [5, 5.41) is 39.4. The van der Waals surface area contributed by atoms with E-state index in [-0.39, 0.29) is 13.2 Å². The van der Waals surface area contributed by atoms with Crippen molar-refractivity contribution in [1.29, 1.82) is 0 Å². The van der Waals surface area contributed by atoms with Gasteiger partial charge < -0.3 is 49.5 Å². The van der Waals surface area contributed by atoms with E-state index in [4.69, 9.17) is 24.2 Å². The molecule has 0 saturated carbocycles. The molecule has 1 fully saturated rings. The number of hydrogen-bond acceptors (Lipinski definition) is 10. The number of aliphatic hydroxyl groups is 4. The maximum absolute atomic E-state index is 10.2. The second-order valence-corrected chi connectivity index (χ2v) is 14.9. The molecule has 12 nitrogen and oxygen atoms in total. The van der Waals surface area contributed by atoms with Gasteiger partial charge in [-0.3, -0.25) is 0 Å². The van der Waals surface area contributed by atoms with Crippen LogP contribution in [0.1, 0.15) is 85.1 Å². The highest BCUT2D eigenvalue weighted by molar-refractivity contribution is 5.96. The van der Waals surface area contributed by atoms with Gasteiger partial charge in [-0.25, -0.2) is 9.97 Å². The standard InChI is InChI=1S/C43H57N5O7/c1-9-28-25(5)34-21-37-29(10-2)24(4)33(45-37)20-35-26(6)30(39(47-35)27(7)32-18-23(3)31(44-32)19-36(28)46-34)12-11-13-48(8)14-15-53-16-17-54-43-42(52)41(51)40(50)38(22-49)55-43/h10,18-21,38,40-45,49-52H,2,9,11-17,22H2,1,3-8H3/t38-,40-,41+,42-,43-/m1/s1. The van der Waals surface area contributed by atoms with Gasteiger partial charge in [0.2, 0.25) is 0 Å². The number of allylic oxidation sites excluding steroid dienone is 4. The first-order valence-electron chi connectivity index (χ1n) is 19.3. The normalized spacial score (nSPS) is 21.6. The molecular formula is C43H57N5O7. The minimum atomic E-state index is -1.47. The summed E-state index contributed by atoms with van der Waals surface area (Å²) in [4.78, 5) is 20.0. The van der Waals surface area contributed by atoms with Gasteiger partial charge in [0.25, 0.3) is 0 Å². The Kier molecular flexibility index (Phi) is 12.9. The summed E-state index contributed by atoms with van der Waals surface area (Å²) in [5.74, 6) is 0. The number of aromatic amines is 2. The molecule has 3 aliphatic heterocycles. The van der Waals surface area contributed by atoms with E-state index in [1.807, 2.05) is 6.08 Å². The second kappa shape index (κ2) is 17.4. The Morgan fingerprint density at radius 2 is 1.47 bits per heavy atom. The SMILES string of the molecule is C=Cc1c(C)c2cc3nc(c(C)c4cc(C)c(cc5nc(cc1[nH]2)C(C)=C5CC)[nH]4)C(CCCN(C)CCOCCO[C@@H]1O[C@H](CO)[C@@H](O)[C@H](O)[C@H]1O)=C3C. The highest BCUT2D eigenvalue weighted by Crippen LogP contribution is 2.37. The van der Waals surface area contributed by atoms with Crippen LogP contribution in [0.3, 0.4) is 0 Å². The van der Waals surface area contributed by atoms with Crippen molar-refractivity contribution in [3.05, 3.63) is 75.9 Å². The van der Waals surface area contributed by atoms with Crippen LogP contribution < -0.4 is 0 Å². The molecule has 8 bridgehead atoms. The zero-order valence-corrected chi connectivity index (χ0v) is 33.2. The smallest absolute Gasteiger partial charge is 0.186 e. The van der Waals surface area contributed by atoms with E-state index >= 15 is 0 Å². The number of aryl methyl sites for hydroxylation is 3. The number of nitrogens with zero attached hydrogens (tertiary/aromatic N) is 3. The third-order valence-corrected chi connectivity index (χ3v) is 11.3. The summed E-state index contributed by atoms with van der Waals surface area (Å²) in [6, 6.07) is 8.70. The molecule has 6 N–H and O–H groups in total. The van der Waals surface area contributed by atoms with Crippen LogP contribution in [-0.2, 0) is 14.2 Å². The van der Waals surface area contributed by atoms with Crippen LogP contribution in [0.25, 0.3) is 50.4 Å². The van der Waals surface area contributed by atoms with Gasteiger partial charge >= 0.3 is 0 Å². The molecule has 3 aromatic heterocycles. The molecule has 0 aliphatic carbocycles. The highest BCUT2D eigenvalue weighted by Gasteiger charge is 2.44. The van der Waals surface area contributed by atoms with Crippen molar-refractivity contribution < 1.29 is 34.6 Å². The zero-order valence-electron chi connectivity index (χ0n) is 33.2. The molecule has 1 saturated heterocycles. The molecule has 0 amide bonds. The first-order valence-corrected chi connectivity index (χ1v) is 19.3. The van der Waals surface area contributed by atoms with Gasteiger partial charge in [0.15, 0.2) is 6.29 Å². The van der Waals surface area contributed by atoms with E-state index in [0.29, 0.717) is 13.2 Å². The van der Waals surface area contributed by atoms with Crippen LogP contribution >= 0.6 is 0 Å². The lowest BCUT2D eigenvalue weighted by molar-refractivity contribution is -0.302. The summed E-state index contributed by atoms with van der Waals surface area (Å²) in [7, 11) is 2.07. The van der Waals surface area contributed by atoms with Gasteiger partial charge in [-0.05, 0) is 131 Å². The first-order chi connectivity index (χ1) is 26.4. The third-order valence-electron chi connectivity index (χ3n) is 11.3. The number of hydrogen-bond donors (Lipinski definition) is 6. The molecule has 296 valence electrons. The van der Waals surface area contributed by atoms with Gasteiger partial charge in [0.1, 0.15) is 24.4 Å². The van der Waals surface area contributed by atoms with E-state index in [0.717, 1.165) is 92.9 Å². The Labute approximate surface area is 323 Å². The summed E-state index contributed by atoms with van der Waals surface area (Å²) in [6.45, 7) is 19.0. The number of likely N-dealkylation sites (N-methyl/N-ethyl adjacent to an activating group) is 1. The van der Waals surface area contributed by atoms with Crippen molar-refractivity contribution in [3.8, 4) is 0 Å². The van der Waals surface area contributed by atoms with Gasteiger partial charge in [0.05, 0.1) is 49.2 Å². The quantitative estimate of drug-likeness (QED) is 0.112. The van der Waals surface area contributed by atoms with Gasteiger partial charge in [0, 0.05) is 34.2 Å². The largest absolute Gasteiger partial charge is 0.394 e. The zero-order chi connectivity index (χ0) is 39.6. The topological polar surface area (TPSA) is 169 Å². The predicted octanol–water partition coefficient (Wildman–Crippen LogP) is 5.70. The summed E-state index contributed by atoms with van der Waals surface area (Å²) in [5.41, 5.74) is 17.3. The van der Waals surface area contributed by atoms with Crippen molar-refractivity contribution in [2.24, 2.45) is 0 Å². The lowest BCUT2D eigenvalue weighted by atomic mass is 9.98. The Bertz CT molecular complexity index is 2130. The molecule has 0 spiro atoms. The van der Waals surface area contributed by atoms with Crippen molar-refractivity contribution in [2.75, 3.05) is 46.6 Å².